The van der Waals surface area contributed by atoms with Crippen LogP contribution in [-0.4, -0.2) is 51.7 Å². The maximum absolute atomic E-state index is 13.9. The van der Waals surface area contributed by atoms with Gasteiger partial charge < -0.3 is 29.4 Å². The van der Waals surface area contributed by atoms with Crippen molar-refractivity contribution in [2.24, 2.45) is 0 Å². The van der Waals surface area contributed by atoms with Crippen molar-refractivity contribution in [3.05, 3.63) is 109 Å². The van der Waals surface area contributed by atoms with Crippen LogP contribution in [0.4, 0.5) is 18.4 Å². The van der Waals surface area contributed by atoms with E-state index >= 15 is 0 Å². The molecule has 2 amide bonds. The smallest absolute Gasteiger partial charge is 0.444 e. The normalized spacial score (nSPS) is 15.3. The van der Waals surface area contributed by atoms with E-state index in [0.29, 0.717) is 31.2 Å². The molecule has 326 valence electrons. The molecule has 1 fully saturated rings. The number of carbonyl (C=O) groups excluding carboxylic acids is 2. The second kappa shape index (κ2) is 20.8. The zero-order valence-electron chi connectivity index (χ0n) is 35.5. The number of nitrogens with zero attached hydrogens (tertiary/aromatic N) is 2. The van der Waals surface area contributed by atoms with E-state index in [1.165, 1.54) is 12.1 Å². The van der Waals surface area contributed by atoms with Gasteiger partial charge in [-0.15, -0.1) is 0 Å². The van der Waals surface area contributed by atoms with E-state index in [1.54, 1.807) is 45.9 Å². The second-order valence-electron chi connectivity index (χ2n) is 16.7. The van der Waals surface area contributed by atoms with E-state index in [9.17, 15) is 18.4 Å². The summed E-state index contributed by atoms with van der Waals surface area (Å²) in [5, 5.41) is 6.93. The lowest BCUT2D eigenvalue weighted by molar-refractivity contribution is 0.00578. The molecule has 0 aliphatic carbocycles. The van der Waals surface area contributed by atoms with Gasteiger partial charge in [0.15, 0.2) is 5.82 Å². The van der Waals surface area contributed by atoms with Gasteiger partial charge in [0, 0.05) is 15.6 Å². The third kappa shape index (κ3) is 15.3. The minimum absolute atomic E-state index is 0.191. The maximum atomic E-state index is 13.9. The number of hydrogen-bond donors (Lipinski definition) is 2. The molecule has 18 heteroatoms. The van der Waals surface area contributed by atoms with E-state index in [-0.39, 0.29) is 22.4 Å². The van der Waals surface area contributed by atoms with Crippen LogP contribution in [0, 0.1) is 11.6 Å². The summed E-state index contributed by atoms with van der Waals surface area (Å²) in [5.74, 6) is -0.896. The summed E-state index contributed by atoms with van der Waals surface area (Å²) in [7, 11) is -0.472. The monoisotopic (exact) mass is 974 g/mol. The molecule has 1 aliphatic rings. The quantitative estimate of drug-likeness (QED) is 0.145. The standard InChI is InChI=1S/C19H29BClNO4.C18H19Cl2FN2O2.C5H2BrClFN/c1-12(22-16(23)24-17(2,3)4)14-10-9-13(11-15(14)21)20-25-18(5,6)19(7,8)26-20;1-10(23-17(24)25-18(2,3)4)12-6-5-11(7-14(12)19)13-8-16(20)22-9-15(13)21;6-3-1-5(7)9-2-4(3)8/h9-12H,1-8H3,(H,22,23);5-10H,1-4H3,(H,23,24);1-2H/t12-;10-;/m11./s1. The van der Waals surface area contributed by atoms with E-state index in [4.69, 9.17) is 65.2 Å². The van der Waals surface area contributed by atoms with Crippen LogP contribution in [0.5, 0.6) is 0 Å². The van der Waals surface area contributed by atoms with Crippen molar-refractivity contribution in [3.8, 4) is 11.1 Å². The molecule has 4 aromatic rings. The average Bonchev–Trinajstić information content (AvgIpc) is 3.32. The van der Waals surface area contributed by atoms with E-state index in [2.05, 4.69) is 36.5 Å². The molecular weight excluding hydrogens is 927 g/mol. The topological polar surface area (TPSA) is 121 Å². The summed E-state index contributed by atoms with van der Waals surface area (Å²) < 4.78 is 49.2. The van der Waals surface area contributed by atoms with Crippen molar-refractivity contribution < 1.29 is 37.2 Å². The Balaban J connectivity index is 0.000000266. The van der Waals surface area contributed by atoms with E-state index in [0.717, 1.165) is 23.4 Å². The lowest BCUT2D eigenvalue weighted by atomic mass is 9.78. The maximum Gasteiger partial charge on any atom is 0.494 e. The third-order valence-corrected chi connectivity index (χ3v) is 10.5. The van der Waals surface area contributed by atoms with Crippen LogP contribution < -0.4 is 16.1 Å². The number of alkyl carbamates (subject to hydrolysis) is 2. The van der Waals surface area contributed by atoms with Gasteiger partial charge in [-0.3, -0.25) is 0 Å². The number of benzene rings is 2. The van der Waals surface area contributed by atoms with Gasteiger partial charge in [-0.05, 0) is 145 Å². The number of ether oxygens (including phenoxy) is 2. The molecular formula is C42H50BBrCl4F2N4O6. The molecule has 0 saturated carbocycles. The summed E-state index contributed by atoms with van der Waals surface area (Å²) >= 11 is 27.0. The van der Waals surface area contributed by atoms with Crippen molar-refractivity contribution >= 4 is 87.1 Å². The highest BCUT2D eigenvalue weighted by Crippen LogP contribution is 2.37. The molecule has 1 saturated heterocycles. The van der Waals surface area contributed by atoms with Crippen molar-refractivity contribution in [1.29, 1.82) is 0 Å². The Morgan fingerprint density at radius 2 is 1.15 bits per heavy atom. The summed E-state index contributed by atoms with van der Waals surface area (Å²) in [6, 6.07) is 12.9. The van der Waals surface area contributed by atoms with Gasteiger partial charge in [0.2, 0.25) is 0 Å². The molecule has 10 nitrogen and oxygen atoms in total. The Labute approximate surface area is 380 Å². The molecule has 0 bridgehead atoms. The highest BCUT2D eigenvalue weighted by Gasteiger charge is 2.51. The number of halogens is 7. The lowest BCUT2D eigenvalue weighted by Gasteiger charge is -2.32. The SMILES string of the molecule is C[C@@H](NC(=O)OC(C)(C)C)c1ccc(-c2cc(Cl)ncc2F)cc1Cl.C[C@@H](NC(=O)OC(C)(C)C)c1ccc(B2OC(C)(C)C(C)(C)O2)cc1Cl.Fc1cnc(Cl)cc1Br. The van der Waals surface area contributed by atoms with Crippen LogP contribution in [0.1, 0.15) is 106 Å². The predicted octanol–water partition coefficient (Wildman–Crippen LogP) is 12.6. The highest BCUT2D eigenvalue weighted by atomic mass is 79.9. The van der Waals surface area contributed by atoms with Crippen LogP contribution in [0.3, 0.4) is 0 Å². The van der Waals surface area contributed by atoms with Gasteiger partial charge in [-0.2, -0.15) is 0 Å². The largest absolute Gasteiger partial charge is 0.494 e. The number of amides is 2. The number of pyridine rings is 2. The minimum Gasteiger partial charge on any atom is -0.444 e. The van der Waals surface area contributed by atoms with Crippen molar-refractivity contribution in [1.82, 2.24) is 20.6 Å². The molecule has 2 N–H and O–H groups in total. The zero-order valence-corrected chi connectivity index (χ0v) is 40.1. The van der Waals surface area contributed by atoms with Gasteiger partial charge in [-0.1, -0.05) is 70.7 Å². The zero-order chi connectivity index (χ0) is 45.5. The Bertz CT molecular complexity index is 2140. The number of aromatic nitrogens is 2. The average molecular weight is 977 g/mol. The van der Waals surface area contributed by atoms with Gasteiger partial charge in [0.1, 0.15) is 27.3 Å². The Kier molecular flexibility index (Phi) is 17.7. The molecule has 2 atom stereocenters. The molecule has 2 aromatic heterocycles. The van der Waals surface area contributed by atoms with Crippen LogP contribution in [0.2, 0.25) is 20.4 Å². The van der Waals surface area contributed by atoms with Crippen LogP contribution >= 0.6 is 62.3 Å². The fraction of sp³-hybridized carbons (Fsp3) is 0.429. The van der Waals surface area contributed by atoms with Gasteiger partial charge in [0.25, 0.3) is 0 Å². The third-order valence-electron chi connectivity index (χ3n) is 8.86. The molecule has 1 aliphatic heterocycles. The Hall–Kier alpha value is -3.24. The first-order chi connectivity index (χ1) is 27.5. The summed E-state index contributed by atoms with van der Waals surface area (Å²) in [6.07, 6.45) is 1.11. The fourth-order valence-corrected chi connectivity index (χ4v) is 6.68. The molecule has 5 rings (SSSR count). The Morgan fingerprint density at radius 1 is 0.717 bits per heavy atom. The first-order valence-corrected chi connectivity index (χ1v) is 21.0. The predicted molar refractivity (Wildman–Crippen MR) is 239 cm³/mol. The number of rotatable bonds is 6. The highest BCUT2D eigenvalue weighted by molar-refractivity contribution is 9.10. The van der Waals surface area contributed by atoms with Crippen LogP contribution in [0.25, 0.3) is 11.1 Å². The van der Waals surface area contributed by atoms with Crippen molar-refractivity contribution in [2.75, 3.05) is 0 Å². The Morgan fingerprint density at radius 3 is 1.57 bits per heavy atom. The summed E-state index contributed by atoms with van der Waals surface area (Å²) in [4.78, 5) is 31.0. The molecule has 3 heterocycles. The van der Waals surface area contributed by atoms with Gasteiger partial charge >= 0.3 is 19.3 Å². The first kappa shape index (κ1) is 51.1. The lowest BCUT2D eigenvalue weighted by Crippen LogP contribution is -2.41. The molecule has 0 unspecified atom stereocenters. The molecule has 0 spiro atoms. The molecule has 60 heavy (non-hydrogen) atoms. The van der Waals surface area contributed by atoms with E-state index in [1.807, 2.05) is 73.6 Å². The fourth-order valence-electron chi connectivity index (χ4n) is 5.22. The number of hydrogen-bond acceptors (Lipinski definition) is 8. The minimum atomic E-state index is -0.588. The molecule has 2 aromatic carbocycles. The van der Waals surface area contributed by atoms with Crippen molar-refractivity contribution in [2.45, 2.75) is 118 Å². The van der Waals surface area contributed by atoms with Gasteiger partial charge in [0.05, 0.1) is 40.2 Å². The first-order valence-electron chi connectivity index (χ1n) is 18.7. The number of carbonyl (C=O) groups is 2. The van der Waals surface area contributed by atoms with E-state index < -0.39 is 53.3 Å². The summed E-state index contributed by atoms with van der Waals surface area (Å²) in [5.41, 5.74) is 1.27. The van der Waals surface area contributed by atoms with Crippen LogP contribution in [0.15, 0.2) is 65.4 Å². The van der Waals surface area contributed by atoms with Crippen molar-refractivity contribution in [3.63, 3.8) is 0 Å². The number of nitrogens with one attached hydrogen (secondary N) is 2. The van der Waals surface area contributed by atoms with Gasteiger partial charge in [-0.25, -0.2) is 28.3 Å². The second-order valence-corrected chi connectivity index (χ2v) is 19.2. The van der Waals surface area contributed by atoms with Crippen LogP contribution in [-0.2, 0) is 18.8 Å². The summed E-state index contributed by atoms with van der Waals surface area (Å²) in [6.45, 7) is 22.5. The molecule has 0 radical (unpaired) electrons.